The molecular weight excluding hydrogens is 614 g/mol. The number of aryl methyl sites for hydroxylation is 1. The van der Waals surface area contributed by atoms with Gasteiger partial charge in [0, 0.05) is 43.2 Å². The van der Waals surface area contributed by atoms with E-state index in [2.05, 4.69) is 29.8 Å². The van der Waals surface area contributed by atoms with Crippen molar-refractivity contribution in [2.24, 2.45) is 23.7 Å². The van der Waals surface area contributed by atoms with Crippen molar-refractivity contribution in [1.82, 2.24) is 5.32 Å². The first kappa shape index (κ1) is 36.9. The lowest BCUT2D eigenvalue weighted by atomic mass is 9.78. The lowest BCUT2D eigenvalue weighted by Crippen LogP contribution is -2.41. The van der Waals surface area contributed by atoms with Gasteiger partial charge in [-0.15, -0.1) is 11.8 Å². The zero-order valence-electron chi connectivity index (χ0n) is 28.0. The minimum Gasteiger partial charge on any atom is -0.489 e. The molecule has 2 fully saturated rings. The number of aliphatic hydroxyl groups is 1. The van der Waals surface area contributed by atoms with Crippen LogP contribution in [0, 0.1) is 35.5 Å². The number of rotatable bonds is 17. The predicted molar refractivity (Wildman–Crippen MR) is 185 cm³/mol. The van der Waals surface area contributed by atoms with E-state index in [0.717, 1.165) is 61.2 Å². The standard InChI is InChI=1S/C38H53NO7S/c1-3-4-13-25(2)31(40)21-20-29-32(24-33-35(29)30-18-11-14-26(36(30)45-33)15-12-19-34(41)42)46-38(44)28-17-8-7-16-27(28)37(43)39-22-9-5-6-10-23-47/h11,14,18,20-21,25,27-29,31-33,35,40,47H,5-10,12-13,15-17,19,22-24H2,1-2H3,(H,39,43)(H,41,42)/t25?,27-,28+,29+,31-,32?,33+,35+/m1/s1. The van der Waals surface area contributed by atoms with Crippen LogP contribution in [0.1, 0.15) is 108 Å². The van der Waals surface area contributed by atoms with Crippen molar-refractivity contribution in [2.45, 2.75) is 122 Å². The van der Waals surface area contributed by atoms with Crippen LogP contribution in [0.3, 0.4) is 0 Å². The number of aliphatic hydroxyl groups excluding tert-OH is 1. The number of hydrogen-bond donors (Lipinski definition) is 4. The van der Waals surface area contributed by atoms with Gasteiger partial charge in [-0.3, -0.25) is 14.4 Å². The van der Waals surface area contributed by atoms with Gasteiger partial charge in [-0.1, -0.05) is 63.0 Å². The number of hydrogen-bond acceptors (Lipinski definition) is 7. The Morgan fingerprint density at radius 2 is 1.89 bits per heavy atom. The third kappa shape index (κ3) is 10.0. The van der Waals surface area contributed by atoms with E-state index in [0.29, 0.717) is 45.1 Å². The molecule has 1 aromatic carbocycles. The average molecular weight is 668 g/mol. The number of amides is 1. The molecule has 2 unspecified atom stereocenters. The molecule has 2 saturated carbocycles. The first-order chi connectivity index (χ1) is 22.7. The normalized spacial score (nSPS) is 26.0. The molecule has 0 radical (unpaired) electrons. The van der Waals surface area contributed by atoms with Gasteiger partial charge in [-0.25, -0.2) is 0 Å². The number of unbranched alkanes of at least 4 members (excludes halogenated alkanes) is 3. The smallest absolute Gasteiger partial charge is 0.310 e. The van der Waals surface area contributed by atoms with Gasteiger partial charge in [0.1, 0.15) is 18.0 Å². The number of carboxylic acid groups (broad SMARTS) is 1. The molecule has 0 saturated heterocycles. The molecule has 3 aliphatic rings. The van der Waals surface area contributed by atoms with Gasteiger partial charge >= 0.3 is 11.9 Å². The lowest BCUT2D eigenvalue weighted by Gasteiger charge is -2.31. The topological polar surface area (TPSA) is 122 Å². The predicted octanol–water partition coefficient (Wildman–Crippen LogP) is 6.25. The minimum absolute atomic E-state index is 0.0550. The second-order valence-electron chi connectivity index (χ2n) is 13.5. The van der Waals surface area contributed by atoms with Crippen molar-refractivity contribution in [2.75, 3.05) is 12.3 Å². The highest BCUT2D eigenvalue weighted by molar-refractivity contribution is 7.80. The molecule has 0 spiro atoms. The molecule has 2 aliphatic carbocycles. The lowest BCUT2D eigenvalue weighted by molar-refractivity contribution is -0.161. The fourth-order valence-corrected chi connectivity index (χ4v) is 7.64. The molecule has 3 N–H and O–H groups in total. The molecule has 4 rings (SSSR count). The Bertz CT molecular complexity index is 1300. The Balaban J connectivity index is 1.50. The maximum Gasteiger partial charge on any atom is 0.310 e. The fraction of sp³-hybridized carbons (Fsp3) is 0.658. The van der Waals surface area contributed by atoms with Crippen LogP contribution >= 0.6 is 12.6 Å². The van der Waals surface area contributed by atoms with E-state index in [1.54, 1.807) is 13.0 Å². The Morgan fingerprint density at radius 1 is 1.13 bits per heavy atom. The highest BCUT2D eigenvalue weighted by Gasteiger charge is 2.52. The highest BCUT2D eigenvalue weighted by atomic mass is 32.1. The van der Waals surface area contributed by atoms with Crippen LogP contribution in [0.5, 0.6) is 5.75 Å². The molecular formula is C38H53NO7S. The highest BCUT2D eigenvalue weighted by Crippen LogP contribution is 2.53. The summed E-state index contributed by atoms with van der Waals surface area (Å²) >= 11 is 4.26. The number of carboxylic acids is 1. The summed E-state index contributed by atoms with van der Waals surface area (Å²) in [5.41, 5.74) is 2.01. The summed E-state index contributed by atoms with van der Waals surface area (Å²) in [6.07, 6.45) is 11.9. The maximum absolute atomic E-state index is 13.8. The summed E-state index contributed by atoms with van der Waals surface area (Å²) in [5, 5.41) is 23.1. The van der Waals surface area contributed by atoms with Gasteiger partial charge in [0.2, 0.25) is 5.91 Å². The van der Waals surface area contributed by atoms with Gasteiger partial charge < -0.3 is 25.0 Å². The zero-order chi connectivity index (χ0) is 33.8. The quantitative estimate of drug-likeness (QED) is 0.0510. The Labute approximate surface area is 285 Å². The second-order valence-corrected chi connectivity index (χ2v) is 13.9. The number of fused-ring (bicyclic) bond motifs is 3. The van der Waals surface area contributed by atoms with Gasteiger partial charge in [0.15, 0.2) is 0 Å². The molecule has 1 aliphatic heterocycles. The van der Waals surface area contributed by atoms with E-state index in [9.17, 15) is 19.5 Å². The maximum atomic E-state index is 13.8. The molecule has 8 nitrogen and oxygen atoms in total. The van der Waals surface area contributed by atoms with Crippen molar-refractivity contribution in [1.29, 1.82) is 0 Å². The van der Waals surface area contributed by atoms with E-state index < -0.39 is 30.0 Å². The van der Waals surface area contributed by atoms with Gasteiger partial charge in [-0.05, 0) is 62.7 Å². The van der Waals surface area contributed by atoms with Crippen LogP contribution in [0.25, 0.3) is 0 Å². The summed E-state index contributed by atoms with van der Waals surface area (Å²) < 4.78 is 12.8. The molecule has 0 aromatic heterocycles. The summed E-state index contributed by atoms with van der Waals surface area (Å²) in [6, 6.07) is 6.01. The summed E-state index contributed by atoms with van der Waals surface area (Å²) in [6.45, 7) is 4.36. The number of aliphatic carboxylic acids is 1. The third-order valence-corrected chi connectivity index (χ3v) is 10.4. The van der Waals surface area contributed by atoms with E-state index in [-0.39, 0.29) is 42.2 Å². The molecule has 1 amide bonds. The Kier molecular flexibility index (Phi) is 14.5. The molecule has 47 heavy (non-hydrogen) atoms. The van der Waals surface area contributed by atoms with Crippen molar-refractivity contribution < 1.29 is 34.1 Å². The first-order valence-corrected chi connectivity index (χ1v) is 18.2. The van der Waals surface area contributed by atoms with Crippen molar-refractivity contribution in [3.63, 3.8) is 0 Å². The number of carbonyl (C=O) groups is 3. The largest absolute Gasteiger partial charge is 0.489 e. The molecule has 8 atom stereocenters. The van der Waals surface area contributed by atoms with Crippen LogP contribution in [-0.4, -0.2) is 58.7 Å². The third-order valence-electron chi connectivity index (χ3n) is 10.1. The zero-order valence-corrected chi connectivity index (χ0v) is 28.9. The monoisotopic (exact) mass is 667 g/mol. The van der Waals surface area contributed by atoms with Crippen molar-refractivity contribution >= 4 is 30.5 Å². The molecule has 0 bridgehead atoms. The molecule has 9 heteroatoms. The van der Waals surface area contributed by atoms with Crippen molar-refractivity contribution in [3.8, 4) is 17.6 Å². The summed E-state index contributed by atoms with van der Waals surface area (Å²) in [5.74, 6) is 5.17. The number of esters is 1. The number of para-hydroxylation sites is 1. The minimum atomic E-state index is -0.819. The van der Waals surface area contributed by atoms with Crippen LogP contribution in [-0.2, 0) is 25.5 Å². The van der Waals surface area contributed by atoms with E-state index in [1.807, 2.05) is 31.2 Å². The average Bonchev–Trinajstić information content (AvgIpc) is 3.59. The van der Waals surface area contributed by atoms with Gasteiger partial charge in [0.05, 0.1) is 17.9 Å². The molecule has 258 valence electrons. The number of thiol groups is 1. The number of carbonyl (C=O) groups excluding carboxylic acids is 2. The second kappa shape index (κ2) is 18.5. The first-order valence-electron chi connectivity index (χ1n) is 17.6. The number of benzene rings is 1. The molecule has 1 heterocycles. The van der Waals surface area contributed by atoms with Crippen LogP contribution < -0.4 is 10.1 Å². The van der Waals surface area contributed by atoms with Crippen LogP contribution in [0.4, 0.5) is 0 Å². The van der Waals surface area contributed by atoms with Crippen molar-refractivity contribution in [3.05, 3.63) is 41.5 Å². The molecule has 1 aromatic rings. The van der Waals surface area contributed by atoms with E-state index in [1.165, 1.54) is 0 Å². The van der Waals surface area contributed by atoms with Gasteiger partial charge in [-0.2, -0.15) is 12.6 Å². The number of nitrogens with one attached hydrogen (secondary N) is 1. The summed E-state index contributed by atoms with van der Waals surface area (Å²) in [4.78, 5) is 38.2. The van der Waals surface area contributed by atoms with Gasteiger partial charge in [0.25, 0.3) is 0 Å². The van der Waals surface area contributed by atoms with Crippen LogP contribution in [0.15, 0.2) is 30.4 Å². The van der Waals surface area contributed by atoms with E-state index >= 15 is 0 Å². The van der Waals surface area contributed by atoms with Crippen LogP contribution in [0.2, 0.25) is 0 Å². The summed E-state index contributed by atoms with van der Waals surface area (Å²) in [7, 11) is 0. The SMILES string of the molecule is CC#CCC(C)[C@H](O)C=C[C@H]1C(OC(=O)[C@H]2CCCC[C@H]2C(=O)NCCCCCCS)C[C@@H]2Oc3c(CCCC(=O)O)cccc3[C@@H]21. The fourth-order valence-electron chi connectivity index (χ4n) is 7.41. The Hall–Kier alpha value is -2.96. The van der Waals surface area contributed by atoms with E-state index in [4.69, 9.17) is 14.6 Å². The number of ether oxygens (including phenoxy) is 2. The Morgan fingerprint density at radius 3 is 2.64 bits per heavy atom.